The summed E-state index contributed by atoms with van der Waals surface area (Å²) in [4.78, 5) is 0.259. The maximum absolute atomic E-state index is 12.8. The predicted octanol–water partition coefficient (Wildman–Crippen LogP) is 2.59. The van der Waals surface area contributed by atoms with Crippen LogP contribution >= 0.6 is 0 Å². The zero-order valence-electron chi connectivity index (χ0n) is 12.0. The Morgan fingerprint density at radius 1 is 0.952 bits per heavy atom. The predicted molar refractivity (Wildman–Crippen MR) is 80.8 cm³/mol. The van der Waals surface area contributed by atoms with Crippen molar-refractivity contribution in [3.63, 3.8) is 0 Å². The van der Waals surface area contributed by atoms with E-state index in [1.54, 1.807) is 25.1 Å². The van der Waals surface area contributed by atoms with Crippen LogP contribution in [0.15, 0.2) is 41.3 Å². The van der Waals surface area contributed by atoms with Crippen LogP contribution in [0.4, 0.5) is 0 Å². The Bertz CT molecular complexity index is 943. The first-order chi connectivity index (χ1) is 9.89. The zero-order valence-corrected chi connectivity index (χ0v) is 12.8. The van der Waals surface area contributed by atoms with Crippen molar-refractivity contribution in [1.82, 2.24) is 14.4 Å². The molecule has 0 atom stereocenters. The standard InChI is InChI=1S/C15H15N3O2S/c1-10-5-7-14-13(8-10)16-17-18(14)21(19,20)15-9-11(2)4-6-12(15)3/h4-9H,1-3H3. The highest BCUT2D eigenvalue weighted by Crippen LogP contribution is 2.22. The number of aromatic nitrogens is 3. The zero-order chi connectivity index (χ0) is 15.2. The topological polar surface area (TPSA) is 64.8 Å². The smallest absolute Gasteiger partial charge is 0.199 e. The number of hydrogen-bond donors (Lipinski definition) is 0. The summed E-state index contributed by atoms with van der Waals surface area (Å²) < 4.78 is 26.7. The Morgan fingerprint density at radius 2 is 1.62 bits per heavy atom. The molecule has 0 bridgehead atoms. The van der Waals surface area contributed by atoms with E-state index < -0.39 is 10.0 Å². The number of fused-ring (bicyclic) bond motifs is 1. The summed E-state index contributed by atoms with van der Waals surface area (Å²) in [6.45, 7) is 5.56. The van der Waals surface area contributed by atoms with Gasteiger partial charge in [0.25, 0.3) is 10.0 Å². The molecular weight excluding hydrogens is 286 g/mol. The average molecular weight is 301 g/mol. The van der Waals surface area contributed by atoms with Crippen LogP contribution < -0.4 is 0 Å². The van der Waals surface area contributed by atoms with E-state index in [1.807, 2.05) is 32.0 Å². The van der Waals surface area contributed by atoms with Gasteiger partial charge < -0.3 is 0 Å². The molecule has 21 heavy (non-hydrogen) atoms. The van der Waals surface area contributed by atoms with Crippen molar-refractivity contribution < 1.29 is 8.42 Å². The molecule has 0 spiro atoms. The van der Waals surface area contributed by atoms with Crippen LogP contribution in [-0.2, 0) is 10.0 Å². The molecule has 0 amide bonds. The fraction of sp³-hybridized carbons (Fsp3) is 0.200. The first kappa shape index (κ1) is 13.8. The van der Waals surface area contributed by atoms with Crippen molar-refractivity contribution >= 4 is 21.1 Å². The maximum Gasteiger partial charge on any atom is 0.285 e. The van der Waals surface area contributed by atoms with Crippen molar-refractivity contribution in [2.24, 2.45) is 0 Å². The fourth-order valence-electron chi connectivity index (χ4n) is 2.27. The molecule has 0 aliphatic rings. The Kier molecular flexibility index (Phi) is 3.06. The monoisotopic (exact) mass is 301 g/mol. The van der Waals surface area contributed by atoms with Gasteiger partial charge in [-0.1, -0.05) is 23.4 Å². The molecule has 1 heterocycles. The Hall–Kier alpha value is -2.21. The van der Waals surface area contributed by atoms with E-state index in [0.717, 1.165) is 15.2 Å². The SMILES string of the molecule is Cc1ccc(C)c(S(=O)(=O)n2nnc3cc(C)ccc32)c1. The van der Waals surface area contributed by atoms with Gasteiger partial charge in [0.05, 0.1) is 4.90 Å². The molecule has 2 aromatic carbocycles. The lowest BCUT2D eigenvalue weighted by Gasteiger charge is -2.08. The minimum absolute atomic E-state index is 0.259. The summed E-state index contributed by atoms with van der Waals surface area (Å²) in [7, 11) is -3.75. The van der Waals surface area contributed by atoms with Gasteiger partial charge in [-0.05, 0) is 55.7 Å². The Labute approximate surface area is 123 Å². The first-order valence-corrected chi connectivity index (χ1v) is 7.98. The molecule has 108 valence electrons. The molecule has 0 fully saturated rings. The van der Waals surface area contributed by atoms with Gasteiger partial charge in [-0.25, -0.2) is 0 Å². The number of hydrogen-bond acceptors (Lipinski definition) is 4. The molecule has 5 nitrogen and oxygen atoms in total. The average Bonchev–Trinajstić information content (AvgIpc) is 2.84. The summed E-state index contributed by atoms with van der Waals surface area (Å²) in [5, 5.41) is 7.79. The lowest BCUT2D eigenvalue weighted by atomic mass is 10.2. The first-order valence-electron chi connectivity index (χ1n) is 6.54. The maximum atomic E-state index is 12.8. The Balaban J connectivity index is 2.28. The molecule has 0 N–H and O–H groups in total. The van der Waals surface area contributed by atoms with E-state index in [9.17, 15) is 8.42 Å². The number of rotatable bonds is 2. The van der Waals surface area contributed by atoms with Crippen molar-refractivity contribution in [1.29, 1.82) is 0 Å². The number of benzene rings is 2. The van der Waals surface area contributed by atoms with Crippen molar-refractivity contribution in [3.05, 3.63) is 53.1 Å². The third-order valence-corrected chi connectivity index (χ3v) is 5.14. The number of aryl methyl sites for hydroxylation is 3. The number of nitrogens with zero attached hydrogens (tertiary/aromatic N) is 3. The van der Waals surface area contributed by atoms with E-state index in [1.165, 1.54) is 0 Å². The molecule has 0 radical (unpaired) electrons. The van der Waals surface area contributed by atoms with Crippen LogP contribution in [0.5, 0.6) is 0 Å². The molecule has 0 saturated heterocycles. The van der Waals surface area contributed by atoms with Gasteiger partial charge in [0.15, 0.2) is 0 Å². The van der Waals surface area contributed by atoms with E-state index in [2.05, 4.69) is 10.3 Å². The van der Waals surface area contributed by atoms with Gasteiger partial charge >= 0.3 is 0 Å². The van der Waals surface area contributed by atoms with Crippen LogP contribution in [0.3, 0.4) is 0 Å². The van der Waals surface area contributed by atoms with Crippen LogP contribution in [-0.4, -0.2) is 22.8 Å². The molecule has 3 aromatic rings. The molecular formula is C15H15N3O2S. The minimum Gasteiger partial charge on any atom is -0.199 e. The molecule has 0 unspecified atom stereocenters. The van der Waals surface area contributed by atoms with Crippen molar-refractivity contribution in [2.75, 3.05) is 0 Å². The second-order valence-corrected chi connectivity index (χ2v) is 6.93. The normalized spacial score (nSPS) is 12.0. The minimum atomic E-state index is -3.75. The summed E-state index contributed by atoms with van der Waals surface area (Å²) in [5.74, 6) is 0. The van der Waals surface area contributed by atoms with Crippen LogP contribution in [0, 0.1) is 20.8 Å². The molecule has 6 heteroatoms. The van der Waals surface area contributed by atoms with Gasteiger partial charge in [0.1, 0.15) is 11.0 Å². The lowest BCUT2D eigenvalue weighted by Crippen LogP contribution is -2.16. The fourth-order valence-corrected chi connectivity index (χ4v) is 3.81. The quantitative estimate of drug-likeness (QED) is 0.730. The Morgan fingerprint density at radius 3 is 2.38 bits per heavy atom. The van der Waals surface area contributed by atoms with E-state index in [-0.39, 0.29) is 4.90 Å². The molecule has 1 aromatic heterocycles. The molecule has 0 aliphatic heterocycles. The van der Waals surface area contributed by atoms with Gasteiger partial charge in [0, 0.05) is 0 Å². The van der Waals surface area contributed by atoms with Crippen LogP contribution in [0.1, 0.15) is 16.7 Å². The van der Waals surface area contributed by atoms with Gasteiger partial charge in [-0.2, -0.15) is 8.42 Å². The van der Waals surface area contributed by atoms with Crippen LogP contribution in [0.2, 0.25) is 0 Å². The molecule has 3 rings (SSSR count). The largest absolute Gasteiger partial charge is 0.285 e. The lowest BCUT2D eigenvalue weighted by molar-refractivity contribution is 0.579. The van der Waals surface area contributed by atoms with Crippen molar-refractivity contribution in [3.8, 4) is 0 Å². The highest BCUT2D eigenvalue weighted by atomic mass is 32.2. The summed E-state index contributed by atoms with van der Waals surface area (Å²) >= 11 is 0. The second-order valence-electron chi connectivity index (χ2n) is 5.20. The van der Waals surface area contributed by atoms with Gasteiger partial charge in [-0.15, -0.1) is 9.19 Å². The summed E-state index contributed by atoms with van der Waals surface area (Å²) in [5.41, 5.74) is 3.65. The van der Waals surface area contributed by atoms with Gasteiger partial charge in [-0.3, -0.25) is 0 Å². The molecule has 0 aliphatic carbocycles. The third kappa shape index (κ3) is 2.21. The van der Waals surface area contributed by atoms with E-state index in [4.69, 9.17) is 0 Å². The second kappa shape index (κ2) is 4.66. The summed E-state index contributed by atoms with van der Waals surface area (Å²) in [6.07, 6.45) is 0. The van der Waals surface area contributed by atoms with E-state index in [0.29, 0.717) is 16.6 Å². The highest BCUT2D eigenvalue weighted by Gasteiger charge is 2.23. The van der Waals surface area contributed by atoms with Crippen molar-refractivity contribution in [2.45, 2.75) is 25.7 Å². The van der Waals surface area contributed by atoms with Gasteiger partial charge in [0.2, 0.25) is 0 Å². The highest BCUT2D eigenvalue weighted by molar-refractivity contribution is 7.90. The molecule has 0 saturated carbocycles. The van der Waals surface area contributed by atoms with Crippen LogP contribution in [0.25, 0.3) is 11.0 Å². The third-order valence-electron chi connectivity index (χ3n) is 3.42. The van der Waals surface area contributed by atoms with E-state index >= 15 is 0 Å². The summed E-state index contributed by atoms with van der Waals surface area (Å²) in [6, 6.07) is 10.7.